The van der Waals surface area contributed by atoms with Crippen molar-refractivity contribution in [2.24, 2.45) is 0 Å². The molecule has 0 spiro atoms. The van der Waals surface area contributed by atoms with E-state index in [1.54, 1.807) is 19.9 Å². The average Bonchev–Trinajstić information content (AvgIpc) is 3.51. The van der Waals surface area contributed by atoms with Crippen molar-refractivity contribution < 1.29 is 27.9 Å². The summed E-state index contributed by atoms with van der Waals surface area (Å²) in [7, 11) is 0. The van der Waals surface area contributed by atoms with E-state index in [2.05, 4.69) is 15.6 Å². The normalized spacial score (nSPS) is 21.7. The van der Waals surface area contributed by atoms with E-state index in [0.717, 1.165) is 18.6 Å². The first kappa shape index (κ1) is 23.4. The number of amides is 1. The Bertz CT molecular complexity index is 1270. The minimum atomic E-state index is -0.698. The van der Waals surface area contributed by atoms with Gasteiger partial charge in [-0.15, -0.1) is 5.10 Å². The number of carbonyl (C=O) groups is 1. The molecule has 2 aliphatic rings. The van der Waals surface area contributed by atoms with Crippen molar-refractivity contribution in [3.8, 4) is 0 Å². The van der Waals surface area contributed by atoms with Gasteiger partial charge in [0.15, 0.2) is 11.6 Å². The van der Waals surface area contributed by atoms with E-state index in [0.29, 0.717) is 30.9 Å². The van der Waals surface area contributed by atoms with Crippen molar-refractivity contribution in [1.82, 2.24) is 20.1 Å². The van der Waals surface area contributed by atoms with Gasteiger partial charge in [-0.1, -0.05) is 0 Å². The smallest absolute Gasteiger partial charge is 0.280 e. The van der Waals surface area contributed by atoms with Crippen molar-refractivity contribution in [1.29, 1.82) is 0 Å². The number of benzene rings is 1. The van der Waals surface area contributed by atoms with Crippen LogP contribution in [0.3, 0.4) is 0 Å². The summed E-state index contributed by atoms with van der Waals surface area (Å²) in [6.07, 6.45) is 2.53. The Kier molecular flexibility index (Phi) is 6.03. The highest BCUT2D eigenvalue weighted by atomic mass is 19.1. The fraction of sp³-hybridized carbons (Fsp3) is 0.435. The SMILES string of the molecule is CC1(C)OCC(CONC(=O)c2c(N)nn3cnc(N4CCC[C@@H]4c4cc(F)ccc4F)cc23)O1. The van der Waals surface area contributed by atoms with Crippen LogP contribution >= 0.6 is 0 Å². The van der Waals surface area contributed by atoms with Crippen molar-refractivity contribution in [2.45, 2.75) is 44.6 Å². The summed E-state index contributed by atoms with van der Waals surface area (Å²) < 4.78 is 40.8. The molecule has 10 nitrogen and oxygen atoms in total. The standard InChI is InChI=1S/C23H26F2N6O4/c1-23(2)33-10-14(35-23)11-34-29-22(32)20-18-9-19(27-12-31(18)28-21(20)26)30-7-3-4-17(30)15-8-13(24)5-6-16(15)25/h5-6,8-9,12,14,17H,3-4,7,10-11H2,1-2H3,(H2,26,28)(H,29,32)/t14?,17-/m1/s1. The maximum atomic E-state index is 14.5. The van der Waals surface area contributed by atoms with Crippen LogP contribution in [0, 0.1) is 11.6 Å². The van der Waals surface area contributed by atoms with Gasteiger partial charge >= 0.3 is 0 Å². The van der Waals surface area contributed by atoms with Crippen LogP contribution in [-0.4, -0.2) is 52.2 Å². The van der Waals surface area contributed by atoms with Gasteiger partial charge in [-0.05, 0) is 44.9 Å². The minimum absolute atomic E-state index is 0.000722. The van der Waals surface area contributed by atoms with Gasteiger partial charge in [-0.25, -0.2) is 23.8 Å². The first-order valence-electron chi connectivity index (χ1n) is 11.3. The molecule has 35 heavy (non-hydrogen) atoms. The second-order valence-electron chi connectivity index (χ2n) is 9.05. The van der Waals surface area contributed by atoms with Gasteiger partial charge in [0.25, 0.3) is 5.91 Å². The van der Waals surface area contributed by atoms with Crippen LogP contribution in [0.4, 0.5) is 20.4 Å². The summed E-state index contributed by atoms with van der Waals surface area (Å²) in [5.74, 6) is -1.76. The number of nitrogens with two attached hydrogens (primary N) is 1. The lowest BCUT2D eigenvalue weighted by molar-refractivity contribution is -0.147. The maximum Gasteiger partial charge on any atom is 0.280 e. The molecule has 0 saturated carbocycles. The molecule has 5 rings (SSSR count). The number of nitrogens with zero attached hydrogens (tertiary/aromatic N) is 4. The Labute approximate surface area is 199 Å². The minimum Gasteiger partial charge on any atom is -0.382 e. The molecule has 3 aromatic rings. The molecule has 1 amide bonds. The van der Waals surface area contributed by atoms with E-state index in [1.165, 1.54) is 16.9 Å². The zero-order valence-electron chi connectivity index (χ0n) is 19.3. The lowest BCUT2D eigenvalue weighted by atomic mass is 10.0. The average molecular weight is 488 g/mol. The third-order valence-corrected chi connectivity index (χ3v) is 6.13. The summed E-state index contributed by atoms with van der Waals surface area (Å²) in [4.78, 5) is 24.5. The maximum absolute atomic E-state index is 14.5. The van der Waals surface area contributed by atoms with Crippen LogP contribution in [0.1, 0.15) is 48.7 Å². The van der Waals surface area contributed by atoms with Crippen LogP contribution < -0.4 is 16.1 Å². The topological polar surface area (TPSA) is 116 Å². The number of rotatable bonds is 6. The highest BCUT2D eigenvalue weighted by Crippen LogP contribution is 2.37. The molecule has 12 heteroatoms. The van der Waals surface area contributed by atoms with Crippen LogP contribution in [0.2, 0.25) is 0 Å². The van der Waals surface area contributed by atoms with Gasteiger partial charge in [-0.3, -0.25) is 9.63 Å². The van der Waals surface area contributed by atoms with Gasteiger partial charge in [0.1, 0.15) is 42.1 Å². The molecular formula is C23H26F2N6O4. The number of hydrogen-bond donors (Lipinski definition) is 2. The molecule has 186 valence electrons. The third-order valence-electron chi connectivity index (χ3n) is 6.13. The Morgan fingerprint density at radius 1 is 1.34 bits per heavy atom. The number of halogens is 2. The number of carbonyl (C=O) groups excluding carboxylic acids is 1. The second kappa shape index (κ2) is 9.02. The molecule has 3 N–H and O–H groups in total. The van der Waals surface area contributed by atoms with Crippen molar-refractivity contribution in [3.05, 3.63) is 53.4 Å². The Morgan fingerprint density at radius 3 is 2.94 bits per heavy atom. The first-order chi connectivity index (χ1) is 16.7. The van der Waals surface area contributed by atoms with Gasteiger partial charge in [0.2, 0.25) is 0 Å². The lowest BCUT2D eigenvalue weighted by Gasteiger charge is -2.26. The van der Waals surface area contributed by atoms with Gasteiger partial charge in [0.05, 0.1) is 18.2 Å². The molecule has 2 aromatic heterocycles. The van der Waals surface area contributed by atoms with E-state index < -0.39 is 23.3 Å². The molecule has 2 fully saturated rings. The Balaban J connectivity index is 1.36. The number of hydrogen-bond acceptors (Lipinski definition) is 8. The predicted octanol–water partition coefficient (Wildman–Crippen LogP) is 2.74. The monoisotopic (exact) mass is 488 g/mol. The van der Waals surface area contributed by atoms with E-state index in [9.17, 15) is 13.6 Å². The van der Waals surface area contributed by atoms with Crippen molar-refractivity contribution >= 4 is 23.1 Å². The number of hydroxylamine groups is 1. The predicted molar refractivity (Wildman–Crippen MR) is 121 cm³/mol. The largest absolute Gasteiger partial charge is 0.382 e. The number of aromatic nitrogens is 3. The molecule has 0 radical (unpaired) electrons. The van der Waals surface area contributed by atoms with Gasteiger partial charge in [-0.2, -0.15) is 0 Å². The summed E-state index contributed by atoms with van der Waals surface area (Å²) in [5.41, 5.74) is 9.18. The highest BCUT2D eigenvalue weighted by molar-refractivity contribution is 6.04. The van der Waals surface area contributed by atoms with Crippen molar-refractivity contribution in [3.63, 3.8) is 0 Å². The van der Waals surface area contributed by atoms with Gasteiger partial charge < -0.3 is 20.1 Å². The van der Waals surface area contributed by atoms with Crippen LogP contribution in [-0.2, 0) is 14.3 Å². The highest BCUT2D eigenvalue weighted by Gasteiger charge is 2.33. The van der Waals surface area contributed by atoms with Gasteiger partial charge in [0, 0.05) is 18.2 Å². The van der Waals surface area contributed by atoms with Crippen LogP contribution in [0.15, 0.2) is 30.6 Å². The number of nitrogen functional groups attached to an aromatic ring is 1. The molecule has 2 atom stereocenters. The molecule has 4 heterocycles. The van der Waals surface area contributed by atoms with Crippen LogP contribution in [0.25, 0.3) is 5.52 Å². The van der Waals surface area contributed by atoms with E-state index in [4.69, 9.17) is 20.0 Å². The zero-order valence-corrected chi connectivity index (χ0v) is 19.3. The zero-order chi connectivity index (χ0) is 24.7. The molecule has 2 aliphatic heterocycles. The summed E-state index contributed by atoms with van der Waals surface area (Å²) in [6.45, 7) is 4.63. The summed E-state index contributed by atoms with van der Waals surface area (Å²) in [6, 6.07) is 4.70. The Morgan fingerprint density at radius 2 is 2.17 bits per heavy atom. The molecule has 1 aromatic carbocycles. The number of ether oxygens (including phenoxy) is 2. The molecule has 2 saturated heterocycles. The quantitative estimate of drug-likeness (QED) is 0.509. The summed E-state index contributed by atoms with van der Waals surface area (Å²) >= 11 is 0. The fourth-order valence-electron chi connectivity index (χ4n) is 4.59. The van der Waals surface area contributed by atoms with Crippen molar-refractivity contribution in [2.75, 3.05) is 30.4 Å². The number of anilines is 2. The fourth-order valence-corrected chi connectivity index (χ4v) is 4.59. The molecule has 0 bridgehead atoms. The number of fused-ring (bicyclic) bond motifs is 1. The molecular weight excluding hydrogens is 462 g/mol. The van der Waals surface area contributed by atoms with Crippen LogP contribution in [0.5, 0.6) is 0 Å². The second-order valence-corrected chi connectivity index (χ2v) is 9.05. The van der Waals surface area contributed by atoms with E-state index in [-0.39, 0.29) is 35.7 Å². The summed E-state index contributed by atoms with van der Waals surface area (Å²) in [5, 5.41) is 4.15. The third kappa shape index (κ3) is 4.64. The lowest BCUT2D eigenvalue weighted by Crippen LogP contribution is -2.31. The first-order valence-corrected chi connectivity index (χ1v) is 11.3. The van der Waals surface area contributed by atoms with E-state index >= 15 is 0 Å². The Hall–Kier alpha value is -3.35. The number of nitrogens with one attached hydrogen (secondary N) is 1. The van der Waals surface area contributed by atoms with E-state index in [1.807, 2.05) is 4.90 Å². The molecule has 1 unspecified atom stereocenters. The molecule has 0 aliphatic carbocycles.